The quantitative estimate of drug-likeness (QED) is 0.349. The second-order valence-electron chi connectivity index (χ2n) is 8.53. The summed E-state index contributed by atoms with van der Waals surface area (Å²) in [5.41, 5.74) is 0. The van der Waals surface area contributed by atoms with Gasteiger partial charge in [0.15, 0.2) is 5.96 Å². The van der Waals surface area contributed by atoms with E-state index in [9.17, 15) is 0 Å². The highest BCUT2D eigenvalue weighted by Gasteiger charge is 2.26. The van der Waals surface area contributed by atoms with E-state index in [2.05, 4.69) is 36.1 Å². The molecule has 0 radical (unpaired) electrons. The zero-order valence-electron chi connectivity index (χ0n) is 18.8. The van der Waals surface area contributed by atoms with E-state index >= 15 is 0 Å². The van der Waals surface area contributed by atoms with Crippen molar-refractivity contribution in [3.8, 4) is 0 Å². The average molecular weight is 397 g/mol. The maximum atomic E-state index is 6.01. The highest BCUT2D eigenvalue weighted by Crippen LogP contribution is 2.28. The zero-order valence-corrected chi connectivity index (χ0v) is 18.8. The number of likely N-dealkylation sites (N-methyl/N-ethyl adjacent to an activating group) is 1. The highest BCUT2D eigenvalue weighted by molar-refractivity contribution is 5.80. The Bertz CT molecular complexity index is 430. The van der Waals surface area contributed by atoms with E-state index < -0.39 is 0 Å². The summed E-state index contributed by atoms with van der Waals surface area (Å²) in [7, 11) is 6.18. The van der Waals surface area contributed by atoms with Gasteiger partial charge in [0.2, 0.25) is 0 Å². The number of guanidine groups is 1. The van der Waals surface area contributed by atoms with Crippen LogP contribution in [0.4, 0.5) is 0 Å². The number of hydrogen-bond donors (Lipinski definition) is 1. The first kappa shape index (κ1) is 23.4. The van der Waals surface area contributed by atoms with Crippen molar-refractivity contribution >= 4 is 5.96 Å². The van der Waals surface area contributed by atoms with Gasteiger partial charge in [0, 0.05) is 46.0 Å². The molecule has 1 aliphatic heterocycles. The second kappa shape index (κ2) is 13.4. The number of ether oxygens (including phenoxy) is 2. The second-order valence-corrected chi connectivity index (χ2v) is 8.53. The fourth-order valence-electron chi connectivity index (χ4n) is 4.55. The van der Waals surface area contributed by atoms with E-state index in [0.29, 0.717) is 12.1 Å². The van der Waals surface area contributed by atoms with Crippen molar-refractivity contribution in [2.75, 3.05) is 60.6 Å². The molecule has 1 saturated carbocycles. The molecule has 1 heterocycles. The number of likely N-dealkylation sites (tertiary alicyclic amines) is 1. The third-order valence-electron chi connectivity index (χ3n) is 6.21. The van der Waals surface area contributed by atoms with Gasteiger partial charge in [0.1, 0.15) is 0 Å². The first-order valence-electron chi connectivity index (χ1n) is 11.5. The smallest absolute Gasteiger partial charge is 0.193 e. The van der Waals surface area contributed by atoms with Crippen LogP contribution >= 0.6 is 0 Å². The molecular weight excluding hydrogens is 352 g/mol. The molecule has 6 heteroatoms. The van der Waals surface area contributed by atoms with Gasteiger partial charge in [-0.25, -0.2) is 0 Å². The van der Waals surface area contributed by atoms with E-state index in [4.69, 9.17) is 14.5 Å². The summed E-state index contributed by atoms with van der Waals surface area (Å²) in [4.78, 5) is 9.89. The van der Waals surface area contributed by atoms with Crippen LogP contribution in [0.2, 0.25) is 0 Å². The van der Waals surface area contributed by atoms with Gasteiger partial charge >= 0.3 is 0 Å². The highest BCUT2D eigenvalue weighted by atomic mass is 16.5. The molecule has 0 aromatic heterocycles. The van der Waals surface area contributed by atoms with Gasteiger partial charge in [-0.1, -0.05) is 19.3 Å². The Morgan fingerprint density at radius 3 is 2.43 bits per heavy atom. The Morgan fingerprint density at radius 2 is 1.82 bits per heavy atom. The predicted octanol–water partition coefficient (Wildman–Crippen LogP) is 2.98. The lowest BCUT2D eigenvalue weighted by molar-refractivity contribution is 0.00988. The minimum absolute atomic E-state index is 0.382. The van der Waals surface area contributed by atoms with E-state index in [1.807, 2.05) is 0 Å². The van der Waals surface area contributed by atoms with Crippen molar-refractivity contribution < 1.29 is 9.47 Å². The number of aliphatic imine (C=N–C) groups is 1. The maximum Gasteiger partial charge on any atom is 0.193 e. The molecule has 1 aliphatic carbocycles. The first-order valence-corrected chi connectivity index (χ1v) is 11.5. The molecule has 2 rings (SSSR count). The molecular formula is C22H44N4O2. The number of nitrogens with zero attached hydrogens (tertiary/aromatic N) is 3. The summed E-state index contributed by atoms with van der Waals surface area (Å²) < 4.78 is 11.1. The fourth-order valence-corrected chi connectivity index (χ4v) is 4.55. The van der Waals surface area contributed by atoms with Crippen LogP contribution in [-0.2, 0) is 9.47 Å². The van der Waals surface area contributed by atoms with E-state index in [1.54, 1.807) is 7.11 Å². The van der Waals surface area contributed by atoms with Gasteiger partial charge in [0.05, 0.1) is 12.6 Å². The monoisotopic (exact) mass is 396 g/mol. The van der Waals surface area contributed by atoms with E-state index in [1.165, 1.54) is 32.1 Å². The Labute approximate surface area is 173 Å². The van der Waals surface area contributed by atoms with Crippen LogP contribution in [0.5, 0.6) is 0 Å². The minimum atomic E-state index is 0.382. The molecule has 6 nitrogen and oxygen atoms in total. The molecule has 1 saturated heterocycles. The molecule has 164 valence electrons. The van der Waals surface area contributed by atoms with E-state index in [-0.39, 0.29) is 0 Å². The van der Waals surface area contributed by atoms with Gasteiger partial charge in [0.25, 0.3) is 0 Å². The molecule has 1 N–H and O–H groups in total. The Hall–Kier alpha value is -0.850. The van der Waals surface area contributed by atoms with Gasteiger partial charge in [-0.05, 0) is 59.0 Å². The molecule has 0 aromatic carbocycles. The summed E-state index contributed by atoms with van der Waals surface area (Å²) in [5, 5.41) is 3.52. The summed E-state index contributed by atoms with van der Waals surface area (Å²) in [6.07, 6.45) is 10.4. The number of methoxy groups -OCH3 is 1. The van der Waals surface area contributed by atoms with Crippen molar-refractivity contribution in [2.24, 2.45) is 10.9 Å². The SMILES string of the molecule is CCNC(=NCC(C1CCCCC1)N(C)C)N1CCC(OCCCOC)CC1. The van der Waals surface area contributed by atoms with E-state index in [0.717, 1.165) is 70.5 Å². The largest absolute Gasteiger partial charge is 0.385 e. The maximum absolute atomic E-state index is 6.01. The van der Waals surface area contributed by atoms with Crippen molar-refractivity contribution in [1.29, 1.82) is 0 Å². The minimum Gasteiger partial charge on any atom is -0.385 e. The lowest BCUT2D eigenvalue weighted by Gasteiger charge is -2.36. The summed E-state index contributed by atoms with van der Waals surface area (Å²) in [6, 6.07) is 0.551. The van der Waals surface area contributed by atoms with Gasteiger partial charge in [-0.3, -0.25) is 4.99 Å². The van der Waals surface area contributed by atoms with Gasteiger partial charge in [-0.2, -0.15) is 0 Å². The fraction of sp³-hybridized carbons (Fsp3) is 0.955. The van der Waals surface area contributed by atoms with Crippen molar-refractivity contribution in [2.45, 2.75) is 70.4 Å². The zero-order chi connectivity index (χ0) is 20.2. The number of rotatable bonds is 10. The summed E-state index contributed by atoms with van der Waals surface area (Å²) in [6.45, 7) is 7.61. The molecule has 0 spiro atoms. The Kier molecular flexibility index (Phi) is 11.2. The van der Waals surface area contributed by atoms with Crippen LogP contribution in [0.15, 0.2) is 4.99 Å². The average Bonchev–Trinajstić information content (AvgIpc) is 2.72. The lowest BCUT2D eigenvalue weighted by atomic mass is 9.83. The number of nitrogens with one attached hydrogen (secondary N) is 1. The third-order valence-corrected chi connectivity index (χ3v) is 6.21. The van der Waals surface area contributed by atoms with Gasteiger partial charge < -0.3 is 24.6 Å². The van der Waals surface area contributed by atoms with Crippen LogP contribution in [0.1, 0.15) is 58.3 Å². The lowest BCUT2D eigenvalue weighted by Crippen LogP contribution is -2.48. The standard InChI is InChI=1S/C22H44N4O2/c1-5-23-22(24-18-21(25(2)3)19-10-7-6-8-11-19)26-14-12-20(13-15-26)28-17-9-16-27-4/h19-21H,5-18H2,1-4H3,(H,23,24). The molecule has 0 aromatic rings. The first-order chi connectivity index (χ1) is 13.7. The predicted molar refractivity (Wildman–Crippen MR) is 117 cm³/mol. The number of piperidine rings is 1. The normalized spacial score (nSPS) is 21.3. The number of hydrogen-bond acceptors (Lipinski definition) is 4. The third kappa shape index (κ3) is 7.88. The molecule has 1 atom stereocenters. The molecule has 0 bridgehead atoms. The van der Waals surface area contributed by atoms with Crippen molar-refractivity contribution in [1.82, 2.24) is 15.1 Å². The topological polar surface area (TPSA) is 49.3 Å². The summed E-state index contributed by atoms with van der Waals surface area (Å²) in [5.74, 6) is 1.88. The molecule has 0 amide bonds. The molecule has 2 aliphatic rings. The van der Waals surface area contributed by atoms with Crippen LogP contribution in [-0.4, -0.2) is 88.5 Å². The molecule has 28 heavy (non-hydrogen) atoms. The van der Waals surface area contributed by atoms with Crippen LogP contribution in [0.25, 0.3) is 0 Å². The Morgan fingerprint density at radius 1 is 1.11 bits per heavy atom. The molecule has 2 fully saturated rings. The van der Waals surface area contributed by atoms with Gasteiger partial charge in [-0.15, -0.1) is 0 Å². The van der Waals surface area contributed by atoms with Crippen molar-refractivity contribution in [3.63, 3.8) is 0 Å². The van der Waals surface area contributed by atoms with Crippen LogP contribution < -0.4 is 5.32 Å². The Balaban J connectivity index is 1.85. The summed E-state index contributed by atoms with van der Waals surface area (Å²) >= 11 is 0. The van der Waals surface area contributed by atoms with Crippen LogP contribution in [0, 0.1) is 5.92 Å². The van der Waals surface area contributed by atoms with Crippen molar-refractivity contribution in [3.05, 3.63) is 0 Å². The molecule has 1 unspecified atom stereocenters. The van der Waals surface area contributed by atoms with Crippen LogP contribution in [0.3, 0.4) is 0 Å².